The Bertz CT molecular complexity index is 693. The van der Waals surface area contributed by atoms with Crippen molar-refractivity contribution in [3.8, 4) is 0 Å². The second-order valence-corrected chi connectivity index (χ2v) is 6.98. The van der Waals surface area contributed by atoms with E-state index >= 15 is 0 Å². The average Bonchev–Trinajstić information content (AvgIpc) is 2.67. The van der Waals surface area contributed by atoms with Gasteiger partial charge in [0, 0.05) is 0 Å². The summed E-state index contributed by atoms with van der Waals surface area (Å²) in [6.45, 7) is 2.94. The Hall–Kier alpha value is -2.03. The van der Waals surface area contributed by atoms with Gasteiger partial charge in [0.25, 0.3) is 0 Å². The SMILES string of the molecule is CC(=O)[C@H](C)SCC(=O)N1c2ccccc2NC(=O)C[C@H]1C(F)(F)F. The fourth-order valence-corrected chi connectivity index (χ4v) is 3.15. The molecule has 25 heavy (non-hydrogen) atoms. The second kappa shape index (κ2) is 7.47. The molecular formula is C16H17F3N2O3S. The molecule has 0 saturated carbocycles. The third kappa shape index (κ3) is 4.53. The van der Waals surface area contributed by atoms with Crippen LogP contribution in [-0.2, 0) is 14.4 Å². The van der Waals surface area contributed by atoms with Crippen LogP contribution < -0.4 is 10.2 Å². The summed E-state index contributed by atoms with van der Waals surface area (Å²) in [6.07, 6.45) is -5.64. The van der Waals surface area contributed by atoms with E-state index in [1.807, 2.05) is 0 Å². The highest BCUT2D eigenvalue weighted by Crippen LogP contribution is 2.38. The van der Waals surface area contributed by atoms with Gasteiger partial charge in [0.2, 0.25) is 11.8 Å². The molecule has 5 nitrogen and oxygen atoms in total. The lowest BCUT2D eigenvalue weighted by Crippen LogP contribution is -2.50. The normalized spacial score (nSPS) is 18.8. The molecule has 0 spiro atoms. The molecule has 136 valence electrons. The van der Waals surface area contributed by atoms with Crippen molar-refractivity contribution in [3.63, 3.8) is 0 Å². The van der Waals surface area contributed by atoms with Gasteiger partial charge in [-0.2, -0.15) is 13.2 Å². The van der Waals surface area contributed by atoms with Crippen LogP contribution in [0.4, 0.5) is 24.5 Å². The monoisotopic (exact) mass is 374 g/mol. The van der Waals surface area contributed by atoms with Crippen LogP contribution in [0.25, 0.3) is 0 Å². The minimum Gasteiger partial charge on any atom is -0.324 e. The van der Waals surface area contributed by atoms with E-state index in [0.717, 1.165) is 11.8 Å². The Morgan fingerprint density at radius 1 is 1.36 bits per heavy atom. The maximum atomic E-state index is 13.5. The first-order valence-corrected chi connectivity index (χ1v) is 8.56. The first kappa shape index (κ1) is 19.3. The van der Waals surface area contributed by atoms with Crippen molar-refractivity contribution in [3.05, 3.63) is 24.3 Å². The van der Waals surface area contributed by atoms with Gasteiger partial charge >= 0.3 is 6.18 Å². The molecule has 1 aromatic carbocycles. The molecular weight excluding hydrogens is 357 g/mol. The van der Waals surface area contributed by atoms with E-state index in [1.54, 1.807) is 13.0 Å². The zero-order valence-electron chi connectivity index (χ0n) is 13.6. The van der Waals surface area contributed by atoms with E-state index in [0.29, 0.717) is 4.90 Å². The molecule has 1 aliphatic rings. The minimum absolute atomic E-state index is 0.00301. The van der Waals surface area contributed by atoms with Crippen LogP contribution in [0, 0.1) is 0 Å². The molecule has 0 bridgehead atoms. The lowest BCUT2D eigenvalue weighted by Gasteiger charge is -2.31. The predicted octanol–water partition coefficient (Wildman–Crippen LogP) is 3.00. The molecule has 1 heterocycles. The van der Waals surface area contributed by atoms with Crippen molar-refractivity contribution >= 4 is 40.7 Å². The van der Waals surface area contributed by atoms with Crippen molar-refractivity contribution in [2.45, 2.75) is 37.7 Å². The molecule has 2 amide bonds. The fourth-order valence-electron chi connectivity index (χ4n) is 2.38. The number of nitrogens with zero attached hydrogens (tertiary/aromatic N) is 1. The summed E-state index contributed by atoms with van der Waals surface area (Å²) in [6, 6.07) is 3.60. The molecule has 1 aliphatic heterocycles. The number of carbonyl (C=O) groups is 3. The number of anilines is 2. The third-order valence-corrected chi connectivity index (χ3v) is 5.05. The lowest BCUT2D eigenvalue weighted by atomic mass is 10.1. The maximum Gasteiger partial charge on any atom is 0.409 e. The maximum absolute atomic E-state index is 13.5. The Morgan fingerprint density at radius 2 is 2.00 bits per heavy atom. The van der Waals surface area contributed by atoms with Gasteiger partial charge in [-0.25, -0.2) is 0 Å². The minimum atomic E-state index is -4.76. The number of para-hydroxylation sites is 2. The van der Waals surface area contributed by atoms with Crippen LogP contribution in [0.5, 0.6) is 0 Å². The fraction of sp³-hybridized carbons (Fsp3) is 0.438. The number of hydrogen-bond donors (Lipinski definition) is 1. The highest BCUT2D eigenvalue weighted by atomic mass is 32.2. The Labute approximate surface area is 146 Å². The van der Waals surface area contributed by atoms with Gasteiger partial charge in [-0.1, -0.05) is 12.1 Å². The number of alkyl halides is 3. The largest absolute Gasteiger partial charge is 0.409 e. The van der Waals surface area contributed by atoms with Gasteiger partial charge < -0.3 is 5.32 Å². The number of Topliss-reactive ketones (excluding diaryl/α,β-unsaturated/α-hetero) is 1. The van der Waals surface area contributed by atoms with Crippen molar-refractivity contribution in [1.82, 2.24) is 0 Å². The van der Waals surface area contributed by atoms with E-state index < -0.39 is 35.7 Å². The predicted molar refractivity (Wildman–Crippen MR) is 89.6 cm³/mol. The van der Waals surface area contributed by atoms with Crippen molar-refractivity contribution in [2.75, 3.05) is 16.0 Å². The summed E-state index contributed by atoms with van der Waals surface area (Å²) < 4.78 is 40.5. The standard InChI is InChI=1S/C16H17F3N2O3S/c1-9(22)10(2)25-8-15(24)21-12-6-4-3-5-11(12)20-14(23)7-13(21)16(17,18)19/h3-6,10,13H,7-8H2,1-2H3,(H,20,23)/t10-,13-/m0/s1. The van der Waals surface area contributed by atoms with Crippen molar-refractivity contribution < 1.29 is 27.6 Å². The molecule has 1 N–H and O–H groups in total. The molecule has 9 heteroatoms. The summed E-state index contributed by atoms with van der Waals surface area (Å²) >= 11 is 0.968. The van der Waals surface area contributed by atoms with Crippen LogP contribution in [-0.4, -0.2) is 40.8 Å². The lowest BCUT2D eigenvalue weighted by molar-refractivity contribution is -0.157. The Morgan fingerprint density at radius 3 is 2.60 bits per heavy atom. The first-order valence-electron chi connectivity index (χ1n) is 7.51. The summed E-state index contributed by atoms with van der Waals surface area (Å²) in [5.41, 5.74) is 0.147. The van der Waals surface area contributed by atoms with Gasteiger partial charge in [0.05, 0.1) is 28.8 Å². The van der Waals surface area contributed by atoms with E-state index in [2.05, 4.69) is 5.32 Å². The summed E-state index contributed by atoms with van der Waals surface area (Å²) in [7, 11) is 0. The molecule has 0 aromatic heterocycles. The van der Waals surface area contributed by atoms with Gasteiger partial charge in [0.15, 0.2) is 0 Å². The van der Waals surface area contributed by atoms with Gasteiger partial charge in [0.1, 0.15) is 11.8 Å². The topological polar surface area (TPSA) is 66.5 Å². The molecule has 0 unspecified atom stereocenters. The van der Waals surface area contributed by atoms with Gasteiger partial charge in [-0.05, 0) is 26.0 Å². The van der Waals surface area contributed by atoms with E-state index in [4.69, 9.17) is 0 Å². The molecule has 0 radical (unpaired) electrons. The number of fused-ring (bicyclic) bond motifs is 1. The smallest absolute Gasteiger partial charge is 0.324 e. The number of benzene rings is 1. The number of hydrogen-bond acceptors (Lipinski definition) is 4. The number of amides is 2. The Kier molecular flexibility index (Phi) is 5.76. The molecule has 0 saturated heterocycles. The number of carbonyl (C=O) groups excluding carboxylic acids is 3. The zero-order chi connectivity index (χ0) is 18.8. The van der Waals surface area contributed by atoms with Crippen molar-refractivity contribution in [2.24, 2.45) is 0 Å². The van der Waals surface area contributed by atoms with Gasteiger partial charge in [-0.3, -0.25) is 19.3 Å². The van der Waals surface area contributed by atoms with Gasteiger partial charge in [-0.15, -0.1) is 11.8 Å². The highest BCUT2D eigenvalue weighted by molar-refractivity contribution is 8.01. The third-order valence-electron chi connectivity index (χ3n) is 3.80. The quantitative estimate of drug-likeness (QED) is 0.880. The average molecular weight is 374 g/mol. The molecule has 0 fully saturated rings. The van der Waals surface area contributed by atoms with Crippen LogP contribution >= 0.6 is 11.8 Å². The summed E-state index contributed by atoms with van der Waals surface area (Å²) in [4.78, 5) is 36.3. The van der Waals surface area contributed by atoms with E-state index in [1.165, 1.54) is 25.1 Å². The number of halogens is 3. The molecule has 2 rings (SSSR count). The van der Waals surface area contributed by atoms with E-state index in [9.17, 15) is 27.6 Å². The molecule has 1 aromatic rings. The number of thioether (sulfide) groups is 1. The Balaban J connectivity index is 2.39. The van der Waals surface area contributed by atoms with Crippen molar-refractivity contribution in [1.29, 1.82) is 0 Å². The summed E-state index contributed by atoms with van der Waals surface area (Å²) in [5, 5.41) is 1.89. The molecule has 2 atom stereocenters. The zero-order valence-corrected chi connectivity index (χ0v) is 14.4. The first-order chi connectivity index (χ1) is 11.6. The number of rotatable bonds is 4. The van der Waals surface area contributed by atoms with Crippen LogP contribution in [0.15, 0.2) is 24.3 Å². The van der Waals surface area contributed by atoms with E-state index in [-0.39, 0.29) is 22.9 Å². The van der Waals surface area contributed by atoms with Crippen LogP contribution in [0.1, 0.15) is 20.3 Å². The number of nitrogens with one attached hydrogen (secondary N) is 1. The van der Waals surface area contributed by atoms with Crippen LogP contribution in [0.2, 0.25) is 0 Å². The molecule has 0 aliphatic carbocycles. The number of ketones is 1. The second-order valence-electron chi connectivity index (χ2n) is 5.65. The van der Waals surface area contributed by atoms with Crippen LogP contribution in [0.3, 0.4) is 0 Å². The summed E-state index contributed by atoms with van der Waals surface area (Å²) in [5.74, 6) is -2.08. The highest BCUT2D eigenvalue weighted by Gasteiger charge is 2.48.